The van der Waals surface area contributed by atoms with Crippen LogP contribution in [0.2, 0.25) is 0 Å². The van der Waals surface area contributed by atoms with Crippen molar-refractivity contribution in [2.75, 3.05) is 13.2 Å². The van der Waals surface area contributed by atoms with Crippen molar-refractivity contribution in [3.05, 3.63) is 29.8 Å². The number of benzene rings is 1. The van der Waals surface area contributed by atoms with Gasteiger partial charge in [-0.15, -0.1) is 13.2 Å². The number of hydrogen-bond acceptors (Lipinski definition) is 3. The molecule has 6 heteroatoms. The minimum atomic E-state index is -4.70. The van der Waals surface area contributed by atoms with Crippen LogP contribution in [0.1, 0.15) is 18.1 Å². The average Bonchev–Trinajstić information content (AvgIpc) is 2.75. The van der Waals surface area contributed by atoms with E-state index in [1.165, 1.54) is 18.2 Å². The maximum Gasteiger partial charge on any atom is 0.573 e. The first kappa shape index (κ1) is 13.2. The molecule has 3 nitrogen and oxygen atoms in total. The van der Waals surface area contributed by atoms with Crippen molar-refractivity contribution in [2.24, 2.45) is 5.92 Å². The molecule has 1 aliphatic heterocycles. The highest BCUT2D eigenvalue weighted by Gasteiger charge is 2.32. The fourth-order valence-electron chi connectivity index (χ4n) is 2.08. The van der Waals surface area contributed by atoms with Crippen LogP contribution >= 0.6 is 0 Å². The van der Waals surface area contributed by atoms with E-state index in [2.05, 4.69) is 4.74 Å². The van der Waals surface area contributed by atoms with Gasteiger partial charge in [-0.1, -0.05) is 12.1 Å². The Hall–Kier alpha value is -1.27. The normalized spacial score (nSPS) is 24.2. The molecule has 0 amide bonds. The number of hydrogen-bond donors (Lipinski definition) is 1. The van der Waals surface area contributed by atoms with Crippen LogP contribution in [0.5, 0.6) is 5.75 Å². The van der Waals surface area contributed by atoms with Crippen LogP contribution in [0.4, 0.5) is 13.2 Å². The minimum Gasteiger partial charge on any atom is -0.406 e. The van der Waals surface area contributed by atoms with Crippen LogP contribution in [0, 0.1) is 5.92 Å². The van der Waals surface area contributed by atoms with E-state index in [9.17, 15) is 13.2 Å². The lowest BCUT2D eigenvalue weighted by atomic mass is 9.96. The highest BCUT2D eigenvalue weighted by Crippen LogP contribution is 2.36. The van der Waals surface area contributed by atoms with E-state index >= 15 is 0 Å². The molecule has 0 spiro atoms. The maximum atomic E-state index is 12.1. The van der Waals surface area contributed by atoms with Gasteiger partial charge < -0.3 is 14.6 Å². The molecule has 2 rings (SSSR count). The smallest absolute Gasteiger partial charge is 0.406 e. The van der Waals surface area contributed by atoms with Gasteiger partial charge >= 0.3 is 6.36 Å². The molecular weight excluding hydrogens is 249 g/mol. The van der Waals surface area contributed by atoms with E-state index in [0.717, 1.165) is 0 Å². The fraction of sp³-hybridized carbons (Fsp3) is 0.500. The molecule has 0 saturated carbocycles. The first-order valence-electron chi connectivity index (χ1n) is 5.58. The zero-order valence-corrected chi connectivity index (χ0v) is 9.48. The predicted molar refractivity (Wildman–Crippen MR) is 57.0 cm³/mol. The number of rotatable bonds is 3. The fourth-order valence-corrected chi connectivity index (χ4v) is 2.08. The molecule has 1 heterocycles. The Balaban J connectivity index is 2.16. The van der Waals surface area contributed by atoms with Crippen molar-refractivity contribution in [2.45, 2.75) is 18.9 Å². The second kappa shape index (κ2) is 5.16. The summed E-state index contributed by atoms with van der Waals surface area (Å²) in [5.41, 5.74) is 0.591. The molecule has 0 bridgehead atoms. The summed E-state index contributed by atoms with van der Waals surface area (Å²) in [5.74, 6) is -0.349. The van der Waals surface area contributed by atoms with E-state index in [-0.39, 0.29) is 24.4 Å². The van der Waals surface area contributed by atoms with Gasteiger partial charge in [-0.3, -0.25) is 0 Å². The van der Waals surface area contributed by atoms with Gasteiger partial charge in [0.2, 0.25) is 0 Å². The number of aliphatic hydroxyl groups is 1. The third kappa shape index (κ3) is 3.14. The largest absolute Gasteiger partial charge is 0.573 e. The summed E-state index contributed by atoms with van der Waals surface area (Å²) >= 11 is 0. The highest BCUT2D eigenvalue weighted by molar-refractivity contribution is 5.30. The molecule has 1 aromatic rings. The Bertz CT molecular complexity index is 406. The number of aliphatic hydroxyl groups excluding tert-OH is 1. The van der Waals surface area contributed by atoms with Crippen LogP contribution in [-0.4, -0.2) is 24.7 Å². The van der Waals surface area contributed by atoms with Crippen LogP contribution in [0.15, 0.2) is 24.3 Å². The topological polar surface area (TPSA) is 38.7 Å². The Morgan fingerprint density at radius 1 is 1.39 bits per heavy atom. The van der Waals surface area contributed by atoms with E-state index < -0.39 is 6.36 Å². The molecule has 1 aliphatic rings. The summed E-state index contributed by atoms with van der Waals surface area (Å²) < 4.78 is 45.6. The Kier molecular flexibility index (Phi) is 3.77. The van der Waals surface area contributed by atoms with Gasteiger partial charge in [0, 0.05) is 19.1 Å². The summed E-state index contributed by atoms with van der Waals surface area (Å²) in [6.07, 6.45) is -4.37. The van der Waals surface area contributed by atoms with Crippen molar-refractivity contribution in [3.63, 3.8) is 0 Å². The highest BCUT2D eigenvalue weighted by atomic mass is 19.4. The SMILES string of the molecule is OCC1CCOC1c1cccc(OC(F)(F)F)c1. The molecule has 1 aromatic carbocycles. The predicted octanol–water partition coefficient (Wildman–Crippen LogP) is 2.66. The molecule has 2 unspecified atom stereocenters. The second-order valence-electron chi connectivity index (χ2n) is 4.14. The molecule has 0 aromatic heterocycles. The van der Waals surface area contributed by atoms with Gasteiger partial charge in [0.05, 0.1) is 6.10 Å². The van der Waals surface area contributed by atoms with Crippen LogP contribution in [-0.2, 0) is 4.74 Å². The van der Waals surface area contributed by atoms with Gasteiger partial charge in [-0.25, -0.2) is 0 Å². The molecule has 1 fully saturated rings. The number of ether oxygens (including phenoxy) is 2. The Morgan fingerprint density at radius 3 is 2.83 bits per heavy atom. The van der Waals surface area contributed by atoms with Crippen LogP contribution in [0.3, 0.4) is 0 Å². The lowest BCUT2D eigenvalue weighted by Crippen LogP contribution is -2.17. The third-order valence-corrected chi connectivity index (χ3v) is 2.87. The molecular formula is C12H13F3O3. The van der Waals surface area contributed by atoms with Gasteiger partial charge in [0.25, 0.3) is 0 Å². The lowest BCUT2D eigenvalue weighted by Gasteiger charge is -2.18. The summed E-state index contributed by atoms with van der Waals surface area (Å²) in [7, 11) is 0. The molecule has 0 aliphatic carbocycles. The van der Waals surface area contributed by atoms with Crippen molar-refractivity contribution in [1.29, 1.82) is 0 Å². The minimum absolute atomic E-state index is 0.0466. The molecule has 2 atom stereocenters. The molecule has 100 valence electrons. The number of halogens is 3. The average molecular weight is 262 g/mol. The quantitative estimate of drug-likeness (QED) is 0.910. The summed E-state index contributed by atoms with van der Waals surface area (Å²) in [5, 5.41) is 9.16. The zero-order chi connectivity index (χ0) is 13.2. The zero-order valence-electron chi connectivity index (χ0n) is 9.48. The van der Waals surface area contributed by atoms with Crippen LogP contribution < -0.4 is 4.74 Å². The Labute approximate surface area is 102 Å². The van der Waals surface area contributed by atoms with Gasteiger partial charge in [-0.2, -0.15) is 0 Å². The first-order valence-corrected chi connectivity index (χ1v) is 5.58. The van der Waals surface area contributed by atoms with Gasteiger partial charge in [0.15, 0.2) is 0 Å². The van der Waals surface area contributed by atoms with Crippen molar-refractivity contribution < 1.29 is 27.8 Å². The first-order chi connectivity index (χ1) is 8.49. The van der Waals surface area contributed by atoms with E-state index in [4.69, 9.17) is 9.84 Å². The van der Waals surface area contributed by atoms with E-state index in [1.54, 1.807) is 6.07 Å². The third-order valence-electron chi connectivity index (χ3n) is 2.87. The molecule has 1 saturated heterocycles. The van der Waals surface area contributed by atoms with Gasteiger partial charge in [-0.05, 0) is 24.1 Å². The van der Waals surface area contributed by atoms with Crippen molar-refractivity contribution in [1.82, 2.24) is 0 Å². The molecule has 1 N–H and O–H groups in total. The van der Waals surface area contributed by atoms with E-state index in [0.29, 0.717) is 18.6 Å². The van der Waals surface area contributed by atoms with Crippen molar-refractivity contribution >= 4 is 0 Å². The van der Waals surface area contributed by atoms with E-state index in [1.807, 2.05) is 0 Å². The van der Waals surface area contributed by atoms with Crippen LogP contribution in [0.25, 0.3) is 0 Å². The Morgan fingerprint density at radius 2 is 2.17 bits per heavy atom. The standard InChI is InChI=1S/C12H13F3O3/c13-12(14,15)18-10-3-1-2-8(6-10)11-9(7-16)4-5-17-11/h1-3,6,9,11,16H,4-5,7H2. The molecule has 0 radical (unpaired) electrons. The van der Waals surface area contributed by atoms with Gasteiger partial charge in [0.1, 0.15) is 5.75 Å². The van der Waals surface area contributed by atoms with Crippen molar-refractivity contribution in [3.8, 4) is 5.75 Å². The summed E-state index contributed by atoms with van der Waals surface area (Å²) in [6, 6.07) is 5.68. The monoisotopic (exact) mass is 262 g/mol. The maximum absolute atomic E-state index is 12.1. The summed E-state index contributed by atoms with van der Waals surface area (Å²) in [4.78, 5) is 0. The molecule has 18 heavy (non-hydrogen) atoms. The summed E-state index contributed by atoms with van der Waals surface area (Å²) in [6.45, 7) is 0.454. The lowest BCUT2D eigenvalue weighted by molar-refractivity contribution is -0.274. The number of alkyl halides is 3. The second-order valence-corrected chi connectivity index (χ2v) is 4.14.